The van der Waals surface area contributed by atoms with Gasteiger partial charge in [0.05, 0.1) is 5.52 Å². The van der Waals surface area contributed by atoms with Crippen molar-refractivity contribution in [2.24, 2.45) is 13.0 Å². The molecular weight excluding hydrogens is 243 g/mol. The first-order chi connectivity index (χ1) is 9.16. The Bertz CT molecular complexity index is 632. The van der Waals surface area contributed by atoms with E-state index in [9.17, 15) is 9.18 Å². The van der Waals surface area contributed by atoms with Crippen molar-refractivity contribution in [3.63, 3.8) is 0 Å². The molecule has 1 saturated heterocycles. The monoisotopic (exact) mass is 260 g/mol. The minimum atomic E-state index is -0.209. The third kappa shape index (κ3) is 2.16. The fourth-order valence-electron chi connectivity index (χ4n) is 2.92. The van der Waals surface area contributed by atoms with Gasteiger partial charge in [0, 0.05) is 44.1 Å². The van der Waals surface area contributed by atoms with Crippen LogP contribution in [-0.2, 0) is 18.3 Å². The summed E-state index contributed by atoms with van der Waals surface area (Å²) in [5, 5.41) is 4.17. The van der Waals surface area contributed by atoms with Crippen molar-refractivity contribution in [2.75, 3.05) is 13.1 Å². The second kappa shape index (κ2) is 4.78. The van der Waals surface area contributed by atoms with Crippen LogP contribution in [0, 0.1) is 11.7 Å². The molecule has 0 amide bonds. The molecule has 1 aliphatic heterocycles. The largest absolute Gasteiger partial charge is 0.348 e. The van der Waals surface area contributed by atoms with Crippen molar-refractivity contribution in [3.05, 3.63) is 35.8 Å². The zero-order chi connectivity index (χ0) is 13.4. The van der Waals surface area contributed by atoms with Crippen molar-refractivity contribution in [1.82, 2.24) is 9.88 Å². The summed E-state index contributed by atoms with van der Waals surface area (Å²) in [6.07, 6.45) is 3.23. The van der Waals surface area contributed by atoms with Gasteiger partial charge in [-0.15, -0.1) is 0 Å². The summed E-state index contributed by atoms with van der Waals surface area (Å²) >= 11 is 0. The highest BCUT2D eigenvalue weighted by Crippen LogP contribution is 2.26. The number of carbonyl (C=O) groups excluding carboxylic acids is 1. The Balaban J connectivity index is 1.97. The minimum Gasteiger partial charge on any atom is -0.348 e. The molecule has 1 N–H and O–H groups in total. The van der Waals surface area contributed by atoms with Gasteiger partial charge >= 0.3 is 0 Å². The predicted molar refractivity (Wildman–Crippen MR) is 72.6 cm³/mol. The summed E-state index contributed by atoms with van der Waals surface area (Å²) in [7, 11) is 1.84. The van der Waals surface area contributed by atoms with Crippen LogP contribution in [0.5, 0.6) is 0 Å². The van der Waals surface area contributed by atoms with Gasteiger partial charge in [-0.2, -0.15) is 0 Å². The zero-order valence-electron chi connectivity index (χ0n) is 10.9. The minimum absolute atomic E-state index is 0.0163. The van der Waals surface area contributed by atoms with Crippen LogP contribution in [0.25, 0.3) is 10.9 Å². The molecule has 1 aliphatic rings. The maximum Gasteiger partial charge on any atom is 0.147 e. The summed E-state index contributed by atoms with van der Waals surface area (Å²) in [5.41, 5.74) is 1.67. The second-order valence-corrected chi connectivity index (χ2v) is 5.22. The molecule has 0 saturated carbocycles. The summed E-state index contributed by atoms with van der Waals surface area (Å²) in [4.78, 5) is 11.9. The first kappa shape index (κ1) is 12.4. The van der Waals surface area contributed by atoms with Gasteiger partial charge in [0.25, 0.3) is 0 Å². The Morgan fingerprint density at radius 2 is 2.32 bits per heavy atom. The number of piperidine rings is 1. The molecule has 1 atom stereocenters. The van der Waals surface area contributed by atoms with Crippen molar-refractivity contribution in [3.8, 4) is 0 Å². The fourth-order valence-corrected chi connectivity index (χ4v) is 2.92. The number of hydrogen-bond donors (Lipinski definition) is 1. The van der Waals surface area contributed by atoms with Crippen LogP contribution in [0.1, 0.15) is 12.0 Å². The van der Waals surface area contributed by atoms with Crippen LogP contribution in [0.4, 0.5) is 4.39 Å². The zero-order valence-corrected chi connectivity index (χ0v) is 10.9. The maximum atomic E-state index is 13.8. The Hall–Kier alpha value is -1.68. The number of aromatic nitrogens is 1. The molecule has 0 spiro atoms. The number of Topliss-reactive ketones (excluding diaryl/α,β-unsaturated/α-hetero) is 1. The van der Waals surface area contributed by atoms with Gasteiger partial charge in [-0.3, -0.25) is 4.79 Å². The molecular formula is C15H17FN2O. The highest BCUT2D eigenvalue weighted by atomic mass is 19.1. The average Bonchev–Trinajstić information content (AvgIpc) is 2.71. The summed E-state index contributed by atoms with van der Waals surface area (Å²) in [5.74, 6) is 0.120. The number of carbonyl (C=O) groups is 1. The number of benzene rings is 1. The lowest BCUT2D eigenvalue weighted by Gasteiger charge is -2.21. The number of nitrogens with zero attached hydrogens (tertiary/aromatic N) is 1. The van der Waals surface area contributed by atoms with Crippen LogP contribution >= 0.6 is 0 Å². The number of ketones is 1. The molecule has 3 nitrogen and oxygen atoms in total. The van der Waals surface area contributed by atoms with Gasteiger partial charge in [0.2, 0.25) is 0 Å². The topological polar surface area (TPSA) is 34.0 Å². The Kier molecular flexibility index (Phi) is 3.11. The molecule has 2 heterocycles. The van der Waals surface area contributed by atoms with E-state index in [4.69, 9.17) is 0 Å². The first-order valence-corrected chi connectivity index (χ1v) is 6.62. The molecule has 3 rings (SSSR count). The summed E-state index contributed by atoms with van der Waals surface area (Å²) in [6.45, 7) is 1.50. The normalized spacial score (nSPS) is 20.1. The molecule has 19 heavy (non-hydrogen) atoms. The van der Waals surface area contributed by atoms with Crippen molar-refractivity contribution < 1.29 is 9.18 Å². The highest BCUT2D eigenvalue weighted by molar-refractivity contribution is 5.86. The van der Waals surface area contributed by atoms with Crippen LogP contribution in [-0.4, -0.2) is 23.4 Å². The summed E-state index contributed by atoms with van der Waals surface area (Å²) in [6, 6.07) is 5.12. The number of fused-ring (bicyclic) bond motifs is 1. The van der Waals surface area contributed by atoms with Crippen molar-refractivity contribution >= 4 is 16.7 Å². The van der Waals surface area contributed by atoms with Crippen LogP contribution in [0.15, 0.2) is 24.4 Å². The number of halogens is 1. The Labute approximate surface area is 111 Å². The molecule has 1 aromatic carbocycles. The Morgan fingerprint density at radius 1 is 1.47 bits per heavy atom. The molecule has 2 aromatic rings. The summed E-state index contributed by atoms with van der Waals surface area (Å²) < 4.78 is 15.6. The van der Waals surface area contributed by atoms with E-state index in [2.05, 4.69) is 5.32 Å². The van der Waals surface area contributed by atoms with E-state index in [0.717, 1.165) is 24.0 Å². The van der Waals surface area contributed by atoms with E-state index in [1.165, 1.54) is 6.07 Å². The van der Waals surface area contributed by atoms with Crippen molar-refractivity contribution in [2.45, 2.75) is 12.8 Å². The fraction of sp³-hybridized carbons (Fsp3) is 0.400. The number of rotatable bonds is 2. The predicted octanol–water partition coefficient (Wildman–Crippen LogP) is 2.04. The van der Waals surface area contributed by atoms with E-state index in [1.54, 1.807) is 10.6 Å². The van der Waals surface area contributed by atoms with Gasteiger partial charge < -0.3 is 9.88 Å². The molecule has 1 aromatic heterocycles. The third-order valence-electron chi connectivity index (χ3n) is 3.90. The van der Waals surface area contributed by atoms with Crippen LogP contribution < -0.4 is 5.32 Å². The Morgan fingerprint density at radius 3 is 3.11 bits per heavy atom. The second-order valence-electron chi connectivity index (χ2n) is 5.22. The third-order valence-corrected chi connectivity index (χ3v) is 3.90. The quantitative estimate of drug-likeness (QED) is 0.896. The number of aryl methyl sites for hydroxylation is 1. The van der Waals surface area contributed by atoms with E-state index in [0.29, 0.717) is 24.1 Å². The molecule has 0 radical (unpaired) electrons. The highest BCUT2D eigenvalue weighted by Gasteiger charge is 2.23. The first-order valence-electron chi connectivity index (χ1n) is 6.62. The smallest absolute Gasteiger partial charge is 0.147 e. The molecule has 100 valence electrons. The SMILES string of the molecule is Cn1cc(CC2CNCCC2=O)c2cccc(F)c21. The van der Waals surface area contributed by atoms with Crippen molar-refractivity contribution in [1.29, 1.82) is 0 Å². The van der Waals surface area contributed by atoms with Crippen LogP contribution in [0.2, 0.25) is 0 Å². The van der Waals surface area contributed by atoms with Gasteiger partial charge in [-0.05, 0) is 18.1 Å². The number of nitrogens with one attached hydrogen (secondary N) is 1. The van der Waals surface area contributed by atoms with Gasteiger partial charge in [0.15, 0.2) is 0 Å². The molecule has 0 aliphatic carbocycles. The molecule has 1 unspecified atom stereocenters. The number of hydrogen-bond acceptors (Lipinski definition) is 2. The standard InChI is InChI=1S/C15H17FN2O/c1-18-9-11(7-10-8-17-6-5-14(10)19)12-3-2-4-13(16)15(12)18/h2-4,9-10,17H,5-8H2,1H3. The number of para-hydroxylation sites is 1. The van der Waals surface area contributed by atoms with E-state index in [-0.39, 0.29) is 11.7 Å². The lowest BCUT2D eigenvalue weighted by atomic mass is 9.91. The van der Waals surface area contributed by atoms with E-state index >= 15 is 0 Å². The van der Waals surface area contributed by atoms with E-state index < -0.39 is 0 Å². The van der Waals surface area contributed by atoms with Gasteiger partial charge in [-0.25, -0.2) is 4.39 Å². The van der Waals surface area contributed by atoms with E-state index in [1.807, 2.05) is 19.3 Å². The maximum absolute atomic E-state index is 13.8. The molecule has 4 heteroatoms. The van der Waals surface area contributed by atoms with Gasteiger partial charge in [0.1, 0.15) is 11.6 Å². The van der Waals surface area contributed by atoms with Gasteiger partial charge in [-0.1, -0.05) is 12.1 Å². The average molecular weight is 260 g/mol. The lowest BCUT2D eigenvalue weighted by Crippen LogP contribution is -2.37. The molecule has 1 fully saturated rings. The van der Waals surface area contributed by atoms with Crippen LogP contribution in [0.3, 0.4) is 0 Å². The lowest BCUT2D eigenvalue weighted by molar-refractivity contribution is -0.123. The molecule has 0 bridgehead atoms.